The lowest BCUT2D eigenvalue weighted by Gasteiger charge is -2.23. The number of halogens is 2. The molecule has 2 aliphatic rings. The average molecular weight is 712 g/mol. The van der Waals surface area contributed by atoms with E-state index in [4.69, 9.17) is 0 Å². The molecule has 10 aromatic rings. The third-order valence-corrected chi connectivity index (χ3v) is 11.9. The Morgan fingerprint density at radius 3 is 1.61 bits per heavy atom. The number of nitrogens with zero attached hydrogens (tertiary/aromatic N) is 2. The maximum Gasteiger partial charge on any atom is 0.262 e. The summed E-state index contributed by atoms with van der Waals surface area (Å²) in [6, 6.07) is 11.0. The molecular weight excluding hydrogens is 684 g/mol. The van der Waals surface area contributed by atoms with Gasteiger partial charge in [0.2, 0.25) is 0 Å². The first-order valence-electron chi connectivity index (χ1n) is 15.7. The lowest BCUT2D eigenvalue weighted by molar-refractivity contribution is 0.343. The van der Waals surface area contributed by atoms with Gasteiger partial charge in [-0.25, -0.2) is 0 Å². The van der Waals surface area contributed by atoms with E-state index in [1.807, 2.05) is 30.3 Å². The molecule has 8 heteroatoms. The number of benzene rings is 5. The predicted octanol–water partition coefficient (Wildman–Crippen LogP) is 8.50. The highest BCUT2D eigenvalue weighted by Gasteiger charge is 2.30. The lowest BCUT2D eigenvalue weighted by atomic mass is 9.86. The molecule has 2 saturated carbocycles. The highest BCUT2D eigenvalue weighted by molar-refractivity contribution is 9.11. The van der Waals surface area contributed by atoms with Gasteiger partial charge in [0, 0.05) is 53.3 Å². The van der Waals surface area contributed by atoms with E-state index in [-0.39, 0.29) is 34.3 Å². The first-order valence-corrected chi connectivity index (χ1v) is 17.3. The normalized spacial score (nSPS) is 17.5. The Hall–Kier alpha value is -3.36. The molecule has 0 saturated heterocycles. The van der Waals surface area contributed by atoms with Crippen molar-refractivity contribution in [2.24, 2.45) is 0 Å². The van der Waals surface area contributed by atoms with Crippen LogP contribution in [0, 0.1) is 0 Å². The summed E-state index contributed by atoms with van der Waals surface area (Å²) in [5.41, 5.74) is -1.19. The van der Waals surface area contributed by atoms with Crippen molar-refractivity contribution < 1.29 is 0 Å². The first kappa shape index (κ1) is 27.0. The monoisotopic (exact) mass is 710 g/mol. The summed E-state index contributed by atoms with van der Waals surface area (Å²) in [6.45, 7) is 0. The zero-order chi connectivity index (χ0) is 30.0. The first-order chi connectivity index (χ1) is 21.4. The largest absolute Gasteiger partial charge is 0.271 e. The van der Waals surface area contributed by atoms with Gasteiger partial charge in [0.05, 0.1) is 10.8 Å². The SMILES string of the molecule is O=c1c2cc(Br)c3c4c2cccc4c2c(Br)cc(c(=O)n1C1CCCCC1)c1cc4c(=O)n(C5CCCCC5)c(=O)c4c3c12. The van der Waals surface area contributed by atoms with Crippen molar-refractivity contribution in [2.75, 3.05) is 0 Å². The lowest BCUT2D eigenvalue weighted by Crippen LogP contribution is -2.35. The molecule has 0 spiro atoms. The van der Waals surface area contributed by atoms with Crippen LogP contribution in [0.3, 0.4) is 0 Å². The van der Waals surface area contributed by atoms with Crippen LogP contribution in [0.15, 0.2) is 64.5 Å². The summed E-state index contributed by atoms with van der Waals surface area (Å²) in [5.74, 6) is 0. The van der Waals surface area contributed by atoms with E-state index in [0.29, 0.717) is 36.8 Å². The third-order valence-electron chi connectivity index (χ3n) is 10.7. The van der Waals surface area contributed by atoms with E-state index in [1.165, 1.54) is 9.13 Å². The Kier molecular flexibility index (Phi) is 5.87. The molecule has 6 nitrogen and oxygen atoms in total. The minimum absolute atomic E-state index is 0.126. The fraction of sp³-hybridized carbons (Fsp3) is 0.333. The minimum Gasteiger partial charge on any atom is -0.271 e. The molecule has 0 aliphatic heterocycles. The zero-order valence-electron chi connectivity index (χ0n) is 24.0. The van der Waals surface area contributed by atoms with E-state index in [9.17, 15) is 19.2 Å². The Balaban J connectivity index is 1.66. The van der Waals surface area contributed by atoms with Gasteiger partial charge in [0.25, 0.3) is 22.2 Å². The van der Waals surface area contributed by atoms with E-state index in [2.05, 4.69) is 31.9 Å². The van der Waals surface area contributed by atoms with Crippen LogP contribution < -0.4 is 22.2 Å². The molecule has 0 amide bonds. The molecule has 5 heterocycles. The van der Waals surface area contributed by atoms with Gasteiger partial charge in [-0.05, 0) is 65.4 Å². The van der Waals surface area contributed by atoms with Crippen molar-refractivity contribution in [2.45, 2.75) is 76.3 Å². The summed E-state index contributed by atoms with van der Waals surface area (Å²) in [7, 11) is 0. The van der Waals surface area contributed by atoms with Crippen LogP contribution in [0.5, 0.6) is 0 Å². The van der Waals surface area contributed by atoms with Crippen LogP contribution in [-0.4, -0.2) is 9.13 Å². The van der Waals surface area contributed by atoms with Gasteiger partial charge < -0.3 is 0 Å². The Morgan fingerprint density at radius 1 is 0.455 bits per heavy atom. The summed E-state index contributed by atoms with van der Waals surface area (Å²) in [5, 5.41) is 7.89. The second-order valence-electron chi connectivity index (χ2n) is 12.9. The number of aromatic nitrogens is 2. The fourth-order valence-electron chi connectivity index (χ4n) is 8.74. The second-order valence-corrected chi connectivity index (χ2v) is 14.6. The van der Waals surface area contributed by atoms with Crippen LogP contribution in [0.1, 0.15) is 76.3 Å². The van der Waals surface area contributed by atoms with Crippen LogP contribution in [0.2, 0.25) is 0 Å². The molecule has 5 aromatic carbocycles. The molecule has 12 rings (SSSR count). The molecule has 2 fully saturated rings. The van der Waals surface area contributed by atoms with E-state index >= 15 is 0 Å². The van der Waals surface area contributed by atoms with Crippen molar-refractivity contribution in [1.82, 2.24) is 9.13 Å². The van der Waals surface area contributed by atoms with Gasteiger partial charge in [-0.2, -0.15) is 0 Å². The average Bonchev–Trinajstić information content (AvgIpc) is 3.29. The number of hydrogen-bond donors (Lipinski definition) is 0. The molecule has 220 valence electrons. The molecule has 0 atom stereocenters. The third kappa shape index (κ3) is 3.41. The van der Waals surface area contributed by atoms with Crippen LogP contribution >= 0.6 is 31.9 Å². The smallest absolute Gasteiger partial charge is 0.262 e. The number of fused-ring (bicyclic) bond motifs is 3. The van der Waals surface area contributed by atoms with Crippen molar-refractivity contribution in [3.05, 3.63) is 86.8 Å². The standard InChI is InChI=1S/C36H28Br2N2O4/c37-25-16-23-21-14-24-30(36(44)40(35(24)43)18-10-5-2-6-11-18)32-29(21)28(25)20-13-7-12-19-22(15-26(38)31(32)27(19)20)33(41)39(34(23)42)17-8-3-1-4-9-17/h7,12-18H,1-6,8-11H2. The van der Waals surface area contributed by atoms with Gasteiger partial charge in [-0.3, -0.25) is 28.3 Å². The Labute approximate surface area is 267 Å². The molecule has 0 N–H and O–H groups in total. The summed E-state index contributed by atoms with van der Waals surface area (Å²) >= 11 is 7.67. The highest BCUT2D eigenvalue weighted by atomic mass is 79.9. The molecule has 5 aromatic heterocycles. The van der Waals surface area contributed by atoms with E-state index in [1.54, 1.807) is 6.07 Å². The molecule has 44 heavy (non-hydrogen) atoms. The quantitative estimate of drug-likeness (QED) is 0.133. The van der Waals surface area contributed by atoms with Crippen LogP contribution in [-0.2, 0) is 0 Å². The van der Waals surface area contributed by atoms with Crippen LogP contribution in [0.4, 0.5) is 0 Å². The number of hydrogen-bond acceptors (Lipinski definition) is 4. The Bertz CT molecular complexity index is 2580. The maximum atomic E-state index is 14.8. The fourth-order valence-corrected chi connectivity index (χ4v) is 10.0. The van der Waals surface area contributed by atoms with Crippen LogP contribution in [0.25, 0.3) is 64.6 Å². The molecular formula is C36H28Br2N2O4. The highest BCUT2D eigenvalue weighted by Crippen LogP contribution is 2.49. The van der Waals surface area contributed by atoms with E-state index in [0.717, 1.165) is 101 Å². The Morgan fingerprint density at radius 2 is 0.977 bits per heavy atom. The molecule has 2 aliphatic carbocycles. The van der Waals surface area contributed by atoms with Crippen molar-refractivity contribution in [3.63, 3.8) is 0 Å². The topological polar surface area (TPSA) is 78.1 Å². The van der Waals surface area contributed by atoms with Gasteiger partial charge in [-0.1, -0.05) is 88.6 Å². The van der Waals surface area contributed by atoms with Crippen molar-refractivity contribution in [3.8, 4) is 0 Å². The van der Waals surface area contributed by atoms with E-state index < -0.39 is 0 Å². The van der Waals surface area contributed by atoms with Crippen molar-refractivity contribution >= 4 is 96.5 Å². The van der Waals surface area contributed by atoms with Gasteiger partial charge in [0.1, 0.15) is 0 Å². The second kappa shape index (κ2) is 9.57. The van der Waals surface area contributed by atoms with Gasteiger partial charge in [0.15, 0.2) is 0 Å². The van der Waals surface area contributed by atoms with Gasteiger partial charge >= 0.3 is 0 Å². The molecule has 0 radical (unpaired) electrons. The predicted molar refractivity (Wildman–Crippen MR) is 186 cm³/mol. The minimum atomic E-state index is -0.352. The summed E-state index contributed by atoms with van der Waals surface area (Å²) in [6.07, 6.45) is 9.27. The molecule has 10 bridgehead atoms. The van der Waals surface area contributed by atoms with Gasteiger partial charge in [-0.15, -0.1) is 0 Å². The molecule has 0 unspecified atom stereocenters. The summed E-state index contributed by atoms with van der Waals surface area (Å²) in [4.78, 5) is 58.1. The zero-order valence-corrected chi connectivity index (χ0v) is 27.1. The van der Waals surface area contributed by atoms with Crippen molar-refractivity contribution in [1.29, 1.82) is 0 Å². The number of rotatable bonds is 2. The maximum absolute atomic E-state index is 14.8. The summed E-state index contributed by atoms with van der Waals surface area (Å²) < 4.78 is 4.41.